The Morgan fingerprint density at radius 3 is 2.61 bits per heavy atom. The Labute approximate surface area is 182 Å². The lowest BCUT2D eigenvalue weighted by Crippen LogP contribution is -2.05. The molecule has 3 N–H and O–H groups in total. The van der Waals surface area contributed by atoms with Crippen LogP contribution in [-0.2, 0) is 22.2 Å². The summed E-state index contributed by atoms with van der Waals surface area (Å²) in [6.07, 6.45) is 2.83. The third-order valence-corrected chi connectivity index (χ3v) is 7.50. The number of aromatic carboxylic acids is 1. The zero-order chi connectivity index (χ0) is 22.0. The first-order valence-electron chi connectivity index (χ1n) is 9.23. The molecule has 4 rings (SSSR count). The van der Waals surface area contributed by atoms with Gasteiger partial charge in [-0.05, 0) is 23.8 Å². The second-order valence-corrected chi connectivity index (χ2v) is 9.86. The fraction of sp³-hybridized carbons (Fsp3) is 0.0909. The van der Waals surface area contributed by atoms with E-state index in [0.717, 1.165) is 11.3 Å². The molecule has 0 bridgehead atoms. The van der Waals surface area contributed by atoms with Gasteiger partial charge in [0.15, 0.2) is 9.84 Å². The summed E-state index contributed by atoms with van der Waals surface area (Å²) < 4.78 is 31.9. The molecule has 0 fully saturated rings. The molecular weight excluding hydrogens is 436 g/mol. The molecule has 2 heterocycles. The van der Waals surface area contributed by atoms with Gasteiger partial charge in [0.2, 0.25) is 0 Å². The lowest BCUT2D eigenvalue weighted by Gasteiger charge is -2.09. The number of nitrogen functional groups attached to an aromatic ring is 1. The smallest absolute Gasteiger partial charge is 0.338 e. The van der Waals surface area contributed by atoms with Gasteiger partial charge in [-0.15, -0.1) is 11.3 Å². The molecule has 0 spiro atoms. The van der Waals surface area contributed by atoms with Crippen LogP contribution in [0.1, 0.15) is 21.5 Å². The molecule has 31 heavy (non-hydrogen) atoms. The summed E-state index contributed by atoms with van der Waals surface area (Å²) in [6, 6.07) is 15.2. The van der Waals surface area contributed by atoms with E-state index >= 15 is 0 Å². The maximum atomic E-state index is 12.8. The number of nitrogens with zero attached hydrogens (tertiary/aromatic N) is 1. The van der Waals surface area contributed by atoms with E-state index in [4.69, 9.17) is 10.5 Å². The second-order valence-electron chi connectivity index (χ2n) is 6.82. The summed E-state index contributed by atoms with van der Waals surface area (Å²) in [5.41, 5.74) is 7.49. The fourth-order valence-electron chi connectivity index (χ4n) is 3.17. The number of hydrogen-bond donors (Lipinski definition) is 2. The number of ether oxygens (including phenoxy) is 1. The van der Waals surface area contributed by atoms with Gasteiger partial charge in [0, 0.05) is 23.3 Å². The van der Waals surface area contributed by atoms with Crippen LogP contribution in [0, 0.1) is 0 Å². The Hall–Kier alpha value is -3.43. The summed E-state index contributed by atoms with van der Waals surface area (Å²) in [6.45, 7) is 0.0543. The normalized spacial score (nSPS) is 11.5. The quantitative estimate of drug-likeness (QED) is 0.431. The standard InChI is InChI=1S/C22H18N2O5S2/c23-21-19(17-10-24-11-18(22(25)26)20(17)30-21)12-29-15-7-4-8-16(9-15)31(27,28)13-14-5-2-1-3-6-14/h1-11H,12-13,23H2,(H,25,26). The maximum absolute atomic E-state index is 12.8. The first-order chi connectivity index (χ1) is 14.8. The Morgan fingerprint density at radius 2 is 1.87 bits per heavy atom. The largest absolute Gasteiger partial charge is 0.489 e. The minimum atomic E-state index is -3.54. The van der Waals surface area contributed by atoms with Crippen molar-refractivity contribution in [2.45, 2.75) is 17.3 Å². The molecule has 0 aliphatic heterocycles. The molecule has 158 valence electrons. The van der Waals surface area contributed by atoms with Gasteiger partial charge in [-0.3, -0.25) is 4.98 Å². The van der Waals surface area contributed by atoms with Gasteiger partial charge in [0.05, 0.1) is 25.9 Å². The fourth-order valence-corrected chi connectivity index (χ4v) is 5.60. The van der Waals surface area contributed by atoms with E-state index in [0.29, 0.717) is 32.0 Å². The van der Waals surface area contributed by atoms with E-state index < -0.39 is 15.8 Å². The summed E-state index contributed by atoms with van der Waals surface area (Å²) in [4.78, 5) is 15.6. The van der Waals surface area contributed by atoms with E-state index in [9.17, 15) is 18.3 Å². The summed E-state index contributed by atoms with van der Waals surface area (Å²) in [5, 5.41) is 10.4. The molecule has 0 aliphatic carbocycles. The first kappa shape index (κ1) is 20.8. The van der Waals surface area contributed by atoms with Crippen molar-refractivity contribution in [1.82, 2.24) is 4.98 Å². The number of fused-ring (bicyclic) bond motifs is 1. The van der Waals surface area contributed by atoms with Crippen molar-refractivity contribution < 1.29 is 23.1 Å². The number of anilines is 1. The van der Waals surface area contributed by atoms with E-state index in [-0.39, 0.29) is 22.8 Å². The van der Waals surface area contributed by atoms with Crippen LogP contribution in [0.15, 0.2) is 71.9 Å². The van der Waals surface area contributed by atoms with Crippen LogP contribution in [0.5, 0.6) is 5.75 Å². The Kier molecular flexibility index (Phi) is 5.62. The van der Waals surface area contributed by atoms with E-state index in [1.54, 1.807) is 42.6 Å². The van der Waals surface area contributed by atoms with Crippen molar-refractivity contribution in [2.24, 2.45) is 0 Å². The highest BCUT2D eigenvalue weighted by Gasteiger charge is 2.19. The molecule has 0 radical (unpaired) electrons. The third kappa shape index (κ3) is 4.37. The van der Waals surface area contributed by atoms with Crippen molar-refractivity contribution in [3.63, 3.8) is 0 Å². The van der Waals surface area contributed by atoms with Crippen LogP contribution in [-0.4, -0.2) is 24.5 Å². The molecule has 4 aromatic rings. The van der Waals surface area contributed by atoms with Crippen LogP contribution in [0.3, 0.4) is 0 Å². The van der Waals surface area contributed by atoms with E-state index in [2.05, 4.69) is 4.98 Å². The van der Waals surface area contributed by atoms with Crippen LogP contribution >= 0.6 is 11.3 Å². The number of carboxylic acids is 1. The topological polar surface area (TPSA) is 120 Å². The summed E-state index contributed by atoms with van der Waals surface area (Å²) in [5.74, 6) is -0.818. The van der Waals surface area contributed by atoms with Gasteiger partial charge in [-0.1, -0.05) is 36.4 Å². The summed E-state index contributed by atoms with van der Waals surface area (Å²) in [7, 11) is -3.54. The Morgan fingerprint density at radius 1 is 1.10 bits per heavy atom. The molecule has 9 heteroatoms. The molecule has 0 saturated carbocycles. The molecule has 2 aromatic carbocycles. The number of rotatable bonds is 7. The SMILES string of the molecule is Nc1sc2c(C(=O)O)cncc2c1COc1cccc(S(=O)(=O)Cc2ccccc2)c1. The predicted molar refractivity (Wildman–Crippen MR) is 119 cm³/mol. The number of aromatic nitrogens is 1. The number of sulfone groups is 1. The Balaban J connectivity index is 1.57. The second kappa shape index (κ2) is 8.37. The number of pyridine rings is 1. The molecule has 0 saturated heterocycles. The Bertz CT molecular complexity index is 1370. The highest BCUT2D eigenvalue weighted by molar-refractivity contribution is 7.90. The van der Waals surface area contributed by atoms with Gasteiger partial charge >= 0.3 is 5.97 Å². The number of nitrogens with two attached hydrogens (primary N) is 1. The molecule has 0 atom stereocenters. The predicted octanol–water partition coefficient (Wildman–Crippen LogP) is 4.13. The number of hydrogen-bond acceptors (Lipinski definition) is 7. The van der Waals surface area contributed by atoms with Crippen molar-refractivity contribution >= 4 is 42.2 Å². The van der Waals surface area contributed by atoms with Crippen LogP contribution in [0.4, 0.5) is 5.00 Å². The van der Waals surface area contributed by atoms with Crippen molar-refractivity contribution in [3.05, 3.63) is 83.7 Å². The molecule has 0 aliphatic rings. The number of carboxylic acid groups (broad SMARTS) is 1. The van der Waals surface area contributed by atoms with Gasteiger partial charge in [-0.25, -0.2) is 13.2 Å². The third-order valence-electron chi connectivity index (χ3n) is 4.71. The molecule has 7 nitrogen and oxygen atoms in total. The highest BCUT2D eigenvalue weighted by atomic mass is 32.2. The van der Waals surface area contributed by atoms with Gasteiger partial charge < -0.3 is 15.6 Å². The highest BCUT2D eigenvalue weighted by Crippen LogP contribution is 2.36. The van der Waals surface area contributed by atoms with Gasteiger partial charge in [-0.2, -0.15) is 0 Å². The van der Waals surface area contributed by atoms with E-state index in [1.165, 1.54) is 18.3 Å². The maximum Gasteiger partial charge on any atom is 0.338 e. The van der Waals surface area contributed by atoms with Crippen molar-refractivity contribution in [1.29, 1.82) is 0 Å². The van der Waals surface area contributed by atoms with Gasteiger partial charge in [0.1, 0.15) is 12.4 Å². The molecule has 2 aromatic heterocycles. The first-order valence-corrected chi connectivity index (χ1v) is 11.7. The zero-order valence-electron chi connectivity index (χ0n) is 16.2. The lowest BCUT2D eigenvalue weighted by atomic mass is 10.1. The average molecular weight is 455 g/mol. The van der Waals surface area contributed by atoms with Gasteiger partial charge in [0.25, 0.3) is 0 Å². The minimum absolute atomic E-state index is 0.0543. The van der Waals surface area contributed by atoms with Crippen molar-refractivity contribution in [3.8, 4) is 5.75 Å². The van der Waals surface area contributed by atoms with Crippen molar-refractivity contribution in [2.75, 3.05) is 5.73 Å². The van der Waals surface area contributed by atoms with Crippen LogP contribution in [0.2, 0.25) is 0 Å². The average Bonchev–Trinajstić information content (AvgIpc) is 3.07. The minimum Gasteiger partial charge on any atom is -0.489 e. The van der Waals surface area contributed by atoms with E-state index in [1.807, 2.05) is 6.07 Å². The molecule has 0 amide bonds. The zero-order valence-corrected chi connectivity index (χ0v) is 17.8. The monoisotopic (exact) mass is 454 g/mol. The van der Waals surface area contributed by atoms with Crippen LogP contribution in [0.25, 0.3) is 10.1 Å². The summed E-state index contributed by atoms with van der Waals surface area (Å²) >= 11 is 1.16. The lowest BCUT2D eigenvalue weighted by molar-refractivity contribution is 0.0699. The molecule has 0 unspecified atom stereocenters. The van der Waals surface area contributed by atoms with Crippen LogP contribution < -0.4 is 10.5 Å². The number of thiophene rings is 1. The number of benzene rings is 2. The number of carbonyl (C=O) groups is 1. The molecular formula is C22H18N2O5S2.